The molecule has 0 saturated heterocycles. The molecule has 0 fully saturated rings. The van der Waals surface area contributed by atoms with Crippen LogP contribution in [0.25, 0.3) is 0 Å². The Kier molecular flexibility index (Phi) is 6.12. The van der Waals surface area contributed by atoms with Crippen molar-refractivity contribution in [2.75, 3.05) is 18.2 Å². The molecule has 0 aliphatic rings. The van der Waals surface area contributed by atoms with E-state index in [1.54, 1.807) is 0 Å². The van der Waals surface area contributed by atoms with E-state index in [1.807, 2.05) is 20.8 Å². The van der Waals surface area contributed by atoms with Crippen LogP contribution in [0.2, 0.25) is 0 Å². The summed E-state index contributed by atoms with van der Waals surface area (Å²) < 4.78 is 16.7. The molecule has 0 heterocycles. The van der Waals surface area contributed by atoms with Crippen LogP contribution >= 0.6 is 11.8 Å². The molecule has 0 spiro atoms. The summed E-state index contributed by atoms with van der Waals surface area (Å²) in [5.41, 5.74) is -0.419. The van der Waals surface area contributed by atoms with Crippen molar-refractivity contribution in [2.45, 2.75) is 32.8 Å². The third kappa shape index (κ3) is 9.67. The molecular formula is C9H17FO2S. The van der Waals surface area contributed by atoms with E-state index in [0.717, 1.165) is 0 Å². The van der Waals surface area contributed by atoms with Gasteiger partial charge in [0.15, 0.2) is 0 Å². The average Bonchev–Trinajstić information content (AvgIpc) is 1.94. The van der Waals surface area contributed by atoms with E-state index in [1.165, 1.54) is 11.8 Å². The minimum atomic E-state index is -0.419. The van der Waals surface area contributed by atoms with E-state index in [9.17, 15) is 9.18 Å². The van der Waals surface area contributed by atoms with E-state index >= 15 is 0 Å². The van der Waals surface area contributed by atoms with Gasteiger partial charge in [0.25, 0.3) is 0 Å². The molecular weight excluding hydrogens is 191 g/mol. The van der Waals surface area contributed by atoms with Crippen molar-refractivity contribution in [1.82, 2.24) is 0 Å². The number of carbonyl (C=O) groups excluding carboxylic acids is 1. The molecule has 0 amide bonds. The van der Waals surface area contributed by atoms with Crippen molar-refractivity contribution in [3.05, 3.63) is 0 Å². The number of hydrogen-bond acceptors (Lipinski definition) is 3. The highest BCUT2D eigenvalue weighted by Crippen LogP contribution is 2.10. The van der Waals surface area contributed by atoms with Gasteiger partial charge in [-0.05, 0) is 32.9 Å². The van der Waals surface area contributed by atoms with Gasteiger partial charge in [-0.2, -0.15) is 11.8 Å². The van der Waals surface area contributed by atoms with Gasteiger partial charge >= 0.3 is 5.97 Å². The van der Waals surface area contributed by atoms with Gasteiger partial charge in [-0.25, -0.2) is 0 Å². The lowest BCUT2D eigenvalue weighted by Gasteiger charge is -2.19. The summed E-state index contributed by atoms with van der Waals surface area (Å²) in [6.07, 6.45) is 0.507. The van der Waals surface area contributed by atoms with Crippen molar-refractivity contribution >= 4 is 17.7 Å². The summed E-state index contributed by atoms with van der Waals surface area (Å²) in [7, 11) is 0. The monoisotopic (exact) mass is 208 g/mol. The van der Waals surface area contributed by atoms with Gasteiger partial charge in [0.05, 0.1) is 12.4 Å². The van der Waals surface area contributed by atoms with Gasteiger partial charge in [-0.3, -0.25) is 9.18 Å². The van der Waals surface area contributed by atoms with Gasteiger partial charge < -0.3 is 4.74 Å². The van der Waals surface area contributed by atoms with Gasteiger partial charge in [0.1, 0.15) is 5.60 Å². The predicted molar refractivity (Wildman–Crippen MR) is 53.8 cm³/mol. The van der Waals surface area contributed by atoms with Crippen LogP contribution in [0.4, 0.5) is 4.39 Å². The van der Waals surface area contributed by atoms with Gasteiger partial charge in [-0.15, -0.1) is 0 Å². The maximum Gasteiger partial charge on any atom is 0.316 e. The van der Waals surface area contributed by atoms with Crippen LogP contribution in [0.3, 0.4) is 0 Å². The van der Waals surface area contributed by atoms with Crippen LogP contribution in [0.5, 0.6) is 0 Å². The first-order chi connectivity index (χ1) is 5.95. The largest absolute Gasteiger partial charge is 0.459 e. The summed E-state index contributed by atoms with van der Waals surface area (Å²) >= 11 is 1.41. The zero-order valence-electron chi connectivity index (χ0n) is 8.43. The third-order valence-electron chi connectivity index (χ3n) is 1.06. The molecule has 0 aromatic heterocycles. The number of rotatable bonds is 5. The Labute approximate surface area is 83.2 Å². The molecule has 0 atom stereocenters. The lowest BCUT2D eigenvalue weighted by atomic mass is 10.2. The normalized spacial score (nSPS) is 11.4. The zero-order valence-corrected chi connectivity index (χ0v) is 9.25. The Balaban J connectivity index is 3.41. The van der Waals surface area contributed by atoms with E-state index in [4.69, 9.17) is 4.74 Å². The Morgan fingerprint density at radius 3 is 2.54 bits per heavy atom. The lowest BCUT2D eigenvalue weighted by Crippen LogP contribution is -2.25. The van der Waals surface area contributed by atoms with Crippen LogP contribution in [-0.4, -0.2) is 29.8 Å². The van der Waals surface area contributed by atoms with Crippen LogP contribution in [-0.2, 0) is 9.53 Å². The van der Waals surface area contributed by atoms with Crippen LogP contribution in [0.1, 0.15) is 27.2 Å². The second-order valence-corrected chi connectivity index (χ2v) is 4.79. The van der Waals surface area contributed by atoms with Crippen molar-refractivity contribution in [2.24, 2.45) is 0 Å². The fourth-order valence-corrected chi connectivity index (χ4v) is 1.37. The molecule has 0 aromatic carbocycles. The maximum absolute atomic E-state index is 11.7. The Bertz CT molecular complexity index is 154. The molecule has 0 saturated carbocycles. The molecule has 0 N–H and O–H groups in total. The molecule has 0 aromatic rings. The summed E-state index contributed by atoms with van der Waals surface area (Å²) in [5.74, 6) is 0.767. The molecule has 0 bridgehead atoms. The fourth-order valence-electron chi connectivity index (χ4n) is 0.683. The van der Waals surface area contributed by atoms with Crippen molar-refractivity contribution < 1.29 is 13.9 Å². The molecule has 2 nitrogen and oxygen atoms in total. The van der Waals surface area contributed by atoms with Crippen molar-refractivity contribution in [3.8, 4) is 0 Å². The first kappa shape index (κ1) is 12.8. The van der Waals surface area contributed by atoms with E-state index < -0.39 is 5.60 Å². The number of esters is 1. The Morgan fingerprint density at radius 1 is 1.46 bits per heavy atom. The first-order valence-electron chi connectivity index (χ1n) is 4.31. The lowest BCUT2D eigenvalue weighted by molar-refractivity contribution is -0.151. The molecule has 4 heteroatoms. The number of alkyl halides is 1. The minimum Gasteiger partial charge on any atom is -0.459 e. The maximum atomic E-state index is 11.7. The summed E-state index contributed by atoms with van der Waals surface area (Å²) in [5, 5.41) is 0. The molecule has 13 heavy (non-hydrogen) atoms. The standard InChI is InChI=1S/C9H17FO2S/c1-9(2,3)12-8(11)7-13-6-4-5-10/h4-7H2,1-3H3. The van der Waals surface area contributed by atoms with E-state index in [0.29, 0.717) is 17.9 Å². The number of ether oxygens (including phenoxy) is 1. The highest BCUT2D eigenvalue weighted by atomic mass is 32.2. The molecule has 0 aliphatic heterocycles. The van der Waals surface area contributed by atoms with Gasteiger partial charge in [0.2, 0.25) is 0 Å². The molecule has 0 radical (unpaired) electrons. The van der Waals surface area contributed by atoms with Gasteiger partial charge in [-0.1, -0.05) is 0 Å². The number of hydrogen-bond donors (Lipinski definition) is 0. The molecule has 78 valence electrons. The van der Waals surface area contributed by atoms with Crippen LogP contribution < -0.4 is 0 Å². The fraction of sp³-hybridized carbons (Fsp3) is 0.889. The second kappa shape index (κ2) is 6.24. The highest BCUT2D eigenvalue weighted by molar-refractivity contribution is 7.99. The number of carbonyl (C=O) groups is 1. The smallest absolute Gasteiger partial charge is 0.316 e. The van der Waals surface area contributed by atoms with Crippen LogP contribution in [0, 0.1) is 0 Å². The third-order valence-corrected chi connectivity index (χ3v) is 2.08. The topological polar surface area (TPSA) is 26.3 Å². The van der Waals surface area contributed by atoms with Crippen LogP contribution in [0.15, 0.2) is 0 Å². The molecule has 0 aliphatic carbocycles. The van der Waals surface area contributed by atoms with E-state index in [-0.39, 0.29) is 12.6 Å². The minimum absolute atomic E-state index is 0.226. The molecule has 0 unspecified atom stereocenters. The number of halogens is 1. The first-order valence-corrected chi connectivity index (χ1v) is 5.47. The van der Waals surface area contributed by atoms with E-state index in [2.05, 4.69) is 0 Å². The number of thioether (sulfide) groups is 1. The second-order valence-electron chi connectivity index (χ2n) is 3.68. The van der Waals surface area contributed by atoms with Crippen molar-refractivity contribution in [3.63, 3.8) is 0 Å². The molecule has 0 rings (SSSR count). The zero-order chi connectivity index (χ0) is 10.3. The highest BCUT2D eigenvalue weighted by Gasteiger charge is 2.15. The summed E-state index contributed by atoms with van der Waals surface area (Å²) in [6, 6.07) is 0. The predicted octanol–water partition coefficient (Wildman–Crippen LogP) is 2.42. The quantitative estimate of drug-likeness (QED) is 0.512. The average molecular weight is 208 g/mol. The Morgan fingerprint density at radius 2 is 2.08 bits per heavy atom. The Hall–Kier alpha value is -0.250. The van der Waals surface area contributed by atoms with Gasteiger partial charge in [0, 0.05) is 0 Å². The van der Waals surface area contributed by atoms with Crippen molar-refractivity contribution in [1.29, 1.82) is 0 Å². The summed E-state index contributed by atoms with van der Waals surface area (Å²) in [4.78, 5) is 11.1. The SMILES string of the molecule is CC(C)(C)OC(=O)CSCCCF. The summed E-state index contributed by atoms with van der Waals surface area (Å²) in [6.45, 7) is 5.17.